The van der Waals surface area contributed by atoms with Crippen LogP contribution in [0.2, 0.25) is 0 Å². The zero-order valence-electron chi connectivity index (χ0n) is 15.4. The Hall–Kier alpha value is -2.95. The highest BCUT2D eigenvalue weighted by atomic mass is 19.1. The first kappa shape index (κ1) is 17.5. The normalized spacial score (nSPS) is 14.3. The molecule has 0 aliphatic heterocycles. The Morgan fingerprint density at radius 2 is 1.74 bits per heavy atom. The Bertz CT molecular complexity index is 921. The first-order valence-corrected chi connectivity index (χ1v) is 9.42. The van der Waals surface area contributed by atoms with Crippen LogP contribution in [-0.4, -0.2) is 16.0 Å². The van der Waals surface area contributed by atoms with Gasteiger partial charge in [0.15, 0.2) is 0 Å². The van der Waals surface area contributed by atoms with Gasteiger partial charge >= 0.3 is 0 Å². The largest absolute Gasteiger partial charge is 0.351 e. The molecule has 1 fully saturated rings. The van der Waals surface area contributed by atoms with Crippen LogP contribution in [0.1, 0.15) is 31.2 Å². The molecule has 1 saturated carbocycles. The second-order valence-electron chi connectivity index (χ2n) is 6.99. The lowest BCUT2D eigenvalue weighted by Gasteiger charge is -2.15. The van der Waals surface area contributed by atoms with E-state index in [2.05, 4.69) is 15.6 Å². The summed E-state index contributed by atoms with van der Waals surface area (Å²) in [7, 11) is 0. The van der Waals surface area contributed by atoms with Crippen LogP contribution in [0.25, 0.3) is 11.3 Å². The molecule has 138 valence electrons. The van der Waals surface area contributed by atoms with Gasteiger partial charge in [0.25, 0.3) is 0 Å². The molecule has 0 radical (unpaired) electrons. The molecule has 0 spiro atoms. The minimum absolute atomic E-state index is 0.235. The molecule has 1 aromatic heterocycles. The summed E-state index contributed by atoms with van der Waals surface area (Å²) in [6.45, 7) is 1.76. The first-order chi connectivity index (χ1) is 13.2. The molecular formula is C22H23FN4. The maximum absolute atomic E-state index is 13.9. The van der Waals surface area contributed by atoms with Gasteiger partial charge in [0.2, 0.25) is 5.95 Å². The molecular weight excluding hydrogens is 339 g/mol. The summed E-state index contributed by atoms with van der Waals surface area (Å²) in [5.74, 6) is 1.03. The van der Waals surface area contributed by atoms with Crippen molar-refractivity contribution < 1.29 is 4.39 Å². The van der Waals surface area contributed by atoms with Crippen LogP contribution in [0.3, 0.4) is 0 Å². The lowest BCUT2D eigenvalue weighted by atomic mass is 10.1. The van der Waals surface area contributed by atoms with E-state index >= 15 is 0 Å². The van der Waals surface area contributed by atoms with E-state index in [1.165, 1.54) is 18.9 Å². The smallest absolute Gasteiger partial charge is 0.225 e. The number of aromatic nitrogens is 2. The van der Waals surface area contributed by atoms with Crippen LogP contribution >= 0.6 is 0 Å². The molecule has 4 rings (SSSR count). The van der Waals surface area contributed by atoms with Crippen LogP contribution in [-0.2, 0) is 0 Å². The van der Waals surface area contributed by atoms with Crippen molar-refractivity contribution in [3.05, 3.63) is 66.0 Å². The monoisotopic (exact) mass is 362 g/mol. The van der Waals surface area contributed by atoms with Gasteiger partial charge in [-0.1, -0.05) is 49.2 Å². The molecule has 0 saturated heterocycles. The van der Waals surface area contributed by atoms with Crippen molar-refractivity contribution >= 4 is 17.5 Å². The predicted molar refractivity (Wildman–Crippen MR) is 108 cm³/mol. The van der Waals surface area contributed by atoms with Gasteiger partial charge in [0.1, 0.15) is 11.6 Å². The Kier molecular flexibility index (Phi) is 5.01. The van der Waals surface area contributed by atoms with E-state index in [-0.39, 0.29) is 5.82 Å². The molecule has 4 nitrogen and oxygen atoms in total. The van der Waals surface area contributed by atoms with Crippen LogP contribution in [0, 0.1) is 12.7 Å². The first-order valence-electron chi connectivity index (χ1n) is 9.42. The molecule has 0 unspecified atom stereocenters. The summed E-state index contributed by atoms with van der Waals surface area (Å²) < 4.78 is 13.9. The van der Waals surface area contributed by atoms with Gasteiger partial charge in [0, 0.05) is 28.9 Å². The molecule has 5 heteroatoms. The van der Waals surface area contributed by atoms with Crippen LogP contribution in [0.4, 0.5) is 21.8 Å². The Labute approximate surface area is 158 Å². The van der Waals surface area contributed by atoms with E-state index in [4.69, 9.17) is 4.98 Å². The highest BCUT2D eigenvalue weighted by Gasteiger charge is 2.17. The lowest BCUT2D eigenvalue weighted by molar-refractivity contribution is 0.619. The number of anilines is 3. The zero-order chi connectivity index (χ0) is 18.6. The van der Waals surface area contributed by atoms with E-state index < -0.39 is 0 Å². The van der Waals surface area contributed by atoms with Gasteiger partial charge in [0.05, 0.1) is 5.69 Å². The number of nitrogens with one attached hydrogen (secondary N) is 2. The molecule has 2 N–H and O–H groups in total. The van der Waals surface area contributed by atoms with Crippen molar-refractivity contribution in [2.24, 2.45) is 0 Å². The minimum atomic E-state index is -0.235. The van der Waals surface area contributed by atoms with E-state index in [0.717, 1.165) is 24.1 Å². The number of hydrogen-bond acceptors (Lipinski definition) is 4. The SMILES string of the molecule is Cc1c(F)cccc1Nc1cc(-c2ccccc2)nc(NC2CCCC2)n1. The predicted octanol–water partition coefficient (Wildman–Crippen LogP) is 5.69. The summed E-state index contributed by atoms with van der Waals surface area (Å²) in [5.41, 5.74) is 3.14. The van der Waals surface area contributed by atoms with Crippen molar-refractivity contribution in [3.63, 3.8) is 0 Å². The number of hydrogen-bond donors (Lipinski definition) is 2. The van der Waals surface area contributed by atoms with E-state index in [1.54, 1.807) is 13.0 Å². The van der Waals surface area contributed by atoms with Crippen molar-refractivity contribution in [2.45, 2.75) is 38.6 Å². The molecule has 3 aromatic rings. The third-order valence-electron chi connectivity index (χ3n) is 5.01. The quantitative estimate of drug-likeness (QED) is 0.612. The number of benzene rings is 2. The molecule has 27 heavy (non-hydrogen) atoms. The van der Waals surface area contributed by atoms with Crippen LogP contribution in [0.15, 0.2) is 54.6 Å². The fourth-order valence-corrected chi connectivity index (χ4v) is 3.47. The third kappa shape index (κ3) is 4.08. The fraction of sp³-hybridized carbons (Fsp3) is 0.273. The molecule has 1 aliphatic rings. The maximum atomic E-state index is 13.9. The van der Waals surface area contributed by atoms with Crippen molar-refractivity contribution in [1.29, 1.82) is 0 Å². The standard InChI is InChI=1S/C22H23FN4/c1-15-18(23)12-7-13-19(15)25-21-14-20(16-8-3-2-4-9-16)26-22(27-21)24-17-10-5-6-11-17/h2-4,7-9,12-14,17H,5-6,10-11H2,1H3,(H2,24,25,26,27). The fourth-order valence-electron chi connectivity index (χ4n) is 3.47. The summed E-state index contributed by atoms with van der Waals surface area (Å²) in [6.07, 6.45) is 4.77. The average molecular weight is 362 g/mol. The molecule has 0 atom stereocenters. The van der Waals surface area contributed by atoms with Gasteiger partial charge in [-0.2, -0.15) is 4.98 Å². The van der Waals surface area contributed by atoms with Crippen molar-refractivity contribution in [3.8, 4) is 11.3 Å². The topological polar surface area (TPSA) is 49.8 Å². The van der Waals surface area contributed by atoms with E-state index in [0.29, 0.717) is 29.1 Å². The van der Waals surface area contributed by atoms with Gasteiger partial charge in [-0.3, -0.25) is 0 Å². The molecule has 1 heterocycles. The number of rotatable bonds is 5. The summed E-state index contributed by atoms with van der Waals surface area (Å²) in [5, 5.41) is 6.72. The lowest BCUT2D eigenvalue weighted by Crippen LogP contribution is -2.17. The summed E-state index contributed by atoms with van der Waals surface area (Å²) >= 11 is 0. The van der Waals surface area contributed by atoms with Crippen LogP contribution in [0.5, 0.6) is 0 Å². The van der Waals surface area contributed by atoms with Crippen molar-refractivity contribution in [2.75, 3.05) is 10.6 Å². The van der Waals surface area contributed by atoms with E-state index in [1.807, 2.05) is 42.5 Å². The maximum Gasteiger partial charge on any atom is 0.225 e. The second kappa shape index (κ2) is 7.74. The number of nitrogens with zero attached hydrogens (tertiary/aromatic N) is 2. The average Bonchev–Trinajstić information content (AvgIpc) is 3.19. The zero-order valence-corrected chi connectivity index (χ0v) is 15.4. The van der Waals surface area contributed by atoms with Gasteiger partial charge in [-0.05, 0) is 31.9 Å². The minimum Gasteiger partial charge on any atom is -0.351 e. The van der Waals surface area contributed by atoms with Gasteiger partial charge < -0.3 is 10.6 Å². The molecule has 1 aliphatic carbocycles. The second-order valence-corrected chi connectivity index (χ2v) is 6.99. The molecule has 2 aromatic carbocycles. The van der Waals surface area contributed by atoms with Gasteiger partial charge in [-0.15, -0.1) is 0 Å². The van der Waals surface area contributed by atoms with E-state index in [9.17, 15) is 4.39 Å². The van der Waals surface area contributed by atoms with Crippen LogP contribution < -0.4 is 10.6 Å². The Morgan fingerprint density at radius 1 is 0.963 bits per heavy atom. The van der Waals surface area contributed by atoms with Crippen molar-refractivity contribution in [1.82, 2.24) is 9.97 Å². The number of halogens is 1. The van der Waals surface area contributed by atoms with Gasteiger partial charge in [-0.25, -0.2) is 9.37 Å². The highest BCUT2D eigenvalue weighted by Crippen LogP contribution is 2.27. The highest BCUT2D eigenvalue weighted by molar-refractivity contribution is 5.68. The molecule has 0 bridgehead atoms. The summed E-state index contributed by atoms with van der Waals surface area (Å²) in [4.78, 5) is 9.35. The Morgan fingerprint density at radius 3 is 2.52 bits per heavy atom. The summed E-state index contributed by atoms with van der Waals surface area (Å²) in [6, 6.07) is 17.4. The Balaban J connectivity index is 1.69. The molecule has 0 amide bonds. The third-order valence-corrected chi connectivity index (χ3v) is 5.01.